The summed E-state index contributed by atoms with van der Waals surface area (Å²) in [7, 11) is -1.82. The molecule has 0 spiro atoms. The van der Waals surface area contributed by atoms with Crippen LogP contribution in [0.15, 0.2) is 121 Å². The van der Waals surface area contributed by atoms with E-state index in [1.807, 2.05) is 86.6 Å². The molecule has 0 aromatic heterocycles. The fraction of sp³-hybridized carbons (Fsp3) is 0.226. The van der Waals surface area contributed by atoms with Crippen molar-refractivity contribution in [3.05, 3.63) is 144 Å². The number of hydrogen-bond donors (Lipinski definition) is 0. The monoisotopic (exact) mass is 527 g/mol. The van der Waals surface area contributed by atoms with Crippen molar-refractivity contribution in [3.63, 3.8) is 0 Å². The molecular weight excluding hydrogens is 499 g/mol. The Morgan fingerprint density at radius 1 is 0.514 bits per heavy atom. The predicted octanol–water partition coefficient (Wildman–Crippen LogP) is 7.21. The molecule has 4 nitrogen and oxygen atoms in total. The van der Waals surface area contributed by atoms with Gasteiger partial charge in [-0.3, -0.25) is 0 Å². The number of hydrogen-bond acceptors (Lipinski definition) is 5. The summed E-state index contributed by atoms with van der Waals surface area (Å²) in [6, 6.07) is 40.6. The van der Waals surface area contributed by atoms with Crippen LogP contribution >= 0.6 is 7.15 Å². The van der Waals surface area contributed by atoms with E-state index in [0.29, 0.717) is 0 Å². The molecule has 2 aliphatic rings. The Hall–Kier alpha value is -2.76. The summed E-state index contributed by atoms with van der Waals surface area (Å²) in [4.78, 5) is 0. The lowest BCUT2D eigenvalue weighted by molar-refractivity contribution is -0.173. The summed E-state index contributed by atoms with van der Waals surface area (Å²) < 4.78 is 27.5. The van der Waals surface area contributed by atoms with E-state index in [1.54, 1.807) is 0 Å². The Labute approximate surface area is 223 Å². The molecule has 186 valence electrons. The predicted molar refractivity (Wildman–Crippen MR) is 148 cm³/mol. The van der Waals surface area contributed by atoms with Crippen LogP contribution < -0.4 is 0 Å². The van der Waals surface area contributed by atoms with Crippen LogP contribution in [0, 0.1) is 0 Å². The molecule has 0 saturated carbocycles. The molecule has 0 radical (unpaired) electrons. The molecule has 4 aromatic carbocycles. The molecule has 2 saturated heterocycles. The number of rotatable bonds is 4. The first-order chi connectivity index (χ1) is 18.0. The van der Waals surface area contributed by atoms with Crippen molar-refractivity contribution in [1.82, 2.24) is 0 Å². The van der Waals surface area contributed by atoms with E-state index < -0.39 is 36.3 Å². The van der Waals surface area contributed by atoms with Gasteiger partial charge in [-0.05, 0) is 36.1 Å². The van der Waals surface area contributed by atoms with Gasteiger partial charge >= 0.3 is 7.15 Å². The second-order valence-corrected chi connectivity index (χ2v) is 11.5. The molecule has 2 aliphatic heterocycles. The highest BCUT2D eigenvalue weighted by atomic mass is 32.4. The smallest absolute Gasteiger partial charge is 0.340 e. The normalized spacial score (nSPS) is 23.7. The summed E-state index contributed by atoms with van der Waals surface area (Å²) in [6.07, 6.45) is -1.16. The van der Waals surface area contributed by atoms with Crippen molar-refractivity contribution in [1.29, 1.82) is 0 Å². The van der Waals surface area contributed by atoms with Crippen molar-refractivity contribution in [3.8, 4) is 0 Å². The Balaban J connectivity index is 1.69. The first-order valence-electron chi connectivity index (χ1n) is 12.4. The van der Waals surface area contributed by atoms with E-state index in [2.05, 4.69) is 48.5 Å². The maximum atomic E-state index is 6.93. The van der Waals surface area contributed by atoms with Crippen LogP contribution in [0.25, 0.3) is 0 Å². The molecule has 0 aliphatic carbocycles. The third-order valence-corrected chi connectivity index (χ3v) is 8.47. The van der Waals surface area contributed by atoms with E-state index in [-0.39, 0.29) is 0 Å². The summed E-state index contributed by atoms with van der Waals surface area (Å²) in [5, 5.41) is 0. The molecule has 37 heavy (non-hydrogen) atoms. The quantitative estimate of drug-likeness (QED) is 0.262. The number of fused-ring (bicyclic) bond motifs is 1. The fourth-order valence-electron chi connectivity index (χ4n) is 5.66. The molecule has 4 aromatic rings. The molecule has 2 heterocycles. The molecule has 0 bridgehead atoms. The third-order valence-electron chi connectivity index (χ3n) is 7.15. The minimum absolute atomic E-state index is 0.580. The Kier molecular flexibility index (Phi) is 6.32. The summed E-state index contributed by atoms with van der Waals surface area (Å²) in [5.74, 6) is -0.896. The van der Waals surface area contributed by atoms with Crippen molar-refractivity contribution >= 4 is 19.0 Å². The highest BCUT2D eigenvalue weighted by molar-refractivity contribution is 8.00. The largest absolute Gasteiger partial charge is 0.524 e. The second kappa shape index (κ2) is 9.52. The molecule has 0 unspecified atom stereocenters. The van der Waals surface area contributed by atoms with Crippen LogP contribution in [0.2, 0.25) is 0 Å². The van der Waals surface area contributed by atoms with E-state index >= 15 is 0 Å². The van der Waals surface area contributed by atoms with Gasteiger partial charge in [0, 0.05) is 0 Å². The van der Waals surface area contributed by atoms with Gasteiger partial charge in [0.15, 0.2) is 5.79 Å². The lowest BCUT2D eigenvalue weighted by Crippen LogP contribution is -2.53. The zero-order chi connectivity index (χ0) is 25.5. The van der Waals surface area contributed by atoms with Gasteiger partial charge in [0.2, 0.25) is 23.0 Å². The van der Waals surface area contributed by atoms with Crippen LogP contribution in [0.1, 0.15) is 36.1 Å². The molecule has 0 N–H and O–H groups in total. The van der Waals surface area contributed by atoms with Gasteiger partial charge in [0.1, 0.15) is 12.2 Å². The topological polar surface area (TPSA) is 36.9 Å². The standard InChI is InChI=1S/C31H28O4PS/c1-29(2)32-27-28(33-29)31(25-19-11-5-12-20-25,26-21-13-6-14-22-26)35-36(37)34-30(27,23-15-7-3-8-16-23)24-17-9-4-10-18-24/h3-22,27-28H,1-2H3/q+1/t27-,28-/m0/s1. The maximum absolute atomic E-state index is 6.93. The Morgan fingerprint density at radius 3 is 1.05 bits per heavy atom. The first-order valence-corrected chi connectivity index (χ1v) is 14.6. The van der Waals surface area contributed by atoms with Gasteiger partial charge in [0.25, 0.3) is 0 Å². The fourth-order valence-corrected chi connectivity index (χ4v) is 7.50. The third kappa shape index (κ3) is 4.07. The Bertz CT molecular complexity index is 1200. The van der Waals surface area contributed by atoms with Crippen molar-refractivity contribution < 1.29 is 18.5 Å². The van der Waals surface area contributed by atoms with Gasteiger partial charge < -0.3 is 9.47 Å². The molecule has 0 amide bonds. The van der Waals surface area contributed by atoms with E-state index in [1.165, 1.54) is 0 Å². The van der Waals surface area contributed by atoms with Crippen LogP contribution in [0.4, 0.5) is 0 Å². The zero-order valence-corrected chi connectivity index (χ0v) is 22.4. The average molecular weight is 528 g/mol. The molecule has 6 heteroatoms. The minimum Gasteiger partial charge on any atom is -0.340 e. The Morgan fingerprint density at radius 2 is 0.784 bits per heavy atom. The average Bonchev–Trinajstić information content (AvgIpc) is 3.23. The summed E-state index contributed by atoms with van der Waals surface area (Å²) in [6.45, 7) is 3.89. The van der Waals surface area contributed by atoms with Gasteiger partial charge in [-0.15, -0.1) is 9.05 Å². The first kappa shape index (κ1) is 24.6. The molecule has 6 rings (SSSR count). The number of benzene rings is 4. The van der Waals surface area contributed by atoms with Crippen molar-refractivity contribution in [2.24, 2.45) is 0 Å². The van der Waals surface area contributed by atoms with E-state index in [9.17, 15) is 0 Å². The minimum atomic E-state index is -1.82. The second-order valence-electron chi connectivity index (χ2n) is 9.82. The summed E-state index contributed by atoms with van der Waals surface area (Å²) in [5.41, 5.74) is 1.65. The van der Waals surface area contributed by atoms with Crippen LogP contribution in [-0.2, 0) is 41.5 Å². The van der Waals surface area contributed by atoms with E-state index in [0.717, 1.165) is 22.3 Å². The SMILES string of the molecule is CC1(C)O[C@H]2[C@H](O1)C(c1ccccc1)(c1ccccc1)O[P+](=S)OC2(c1ccccc1)c1ccccc1. The van der Waals surface area contributed by atoms with Crippen molar-refractivity contribution in [2.45, 2.75) is 43.0 Å². The molecule has 2 atom stereocenters. The van der Waals surface area contributed by atoms with Gasteiger partial charge in [0.05, 0.1) is 0 Å². The lowest BCUT2D eigenvalue weighted by Gasteiger charge is -2.38. The summed E-state index contributed by atoms with van der Waals surface area (Å²) >= 11 is 6.02. The maximum Gasteiger partial charge on any atom is 0.524 e. The lowest BCUT2D eigenvalue weighted by atomic mass is 9.72. The highest BCUT2D eigenvalue weighted by Gasteiger charge is 2.70. The highest BCUT2D eigenvalue weighted by Crippen LogP contribution is 2.61. The molecular formula is C31H28O4PS+. The molecule has 2 fully saturated rings. The van der Waals surface area contributed by atoms with Crippen LogP contribution in [-0.4, -0.2) is 18.0 Å². The van der Waals surface area contributed by atoms with Crippen molar-refractivity contribution in [2.75, 3.05) is 0 Å². The zero-order valence-electron chi connectivity index (χ0n) is 20.7. The van der Waals surface area contributed by atoms with Crippen LogP contribution in [0.3, 0.4) is 0 Å². The van der Waals surface area contributed by atoms with E-state index in [4.69, 9.17) is 30.3 Å². The number of ether oxygens (including phenoxy) is 2. The van der Waals surface area contributed by atoms with Gasteiger partial charge in [-0.2, -0.15) is 0 Å². The van der Waals surface area contributed by atoms with Gasteiger partial charge in [-0.25, -0.2) is 0 Å². The van der Waals surface area contributed by atoms with Crippen LogP contribution in [0.5, 0.6) is 0 Å². The van der Waals surface area contributed by atoms with Gasteiger partial charge in [-0.1, -0.05) is 121 Å².